The van der Waals surface area contributed by atoms with E-state index in [1.807, 2.05) is 36.4 Å². The van der Waals surface area contributed by atoms with Gasteiger partial charge in [-0.05, 0) is 41.5 Å². The maximum absolute atomic E-state index is 11.3. The fraction of sp³-hybridized carbons (Fsp3) is 0.118. The lowest BCUT2D eigenvalue weighted by atomic mass is 10.1. The average molecular weight is 303 g/mol. The molecule has 0 unspecified atom stereocenters. The van der Waals surface area contributed by atoms with Gasteiger partial charge in [0.2, 0.25) is 0 Å². The maximum atomic E-state index is 11.3. The van der Waals surface area contributed by atoms with Crippen LogP contribution in [0.15, 0.2) is 42.5 Å². The predicted octanol–water partition coefficient (Wildman–Crippen LogP) is 4.31. The fourth-order valence-electron chi connectivity index (χ4n) is 1.80. The van der Waals surface area contributed by atoms with Crippen LogP contribution in [0.25, 0.3) is 12.2 Å². The first-order valence-corrected chi connectivity index (χ1v) is 6.72. The number of benzene rings is 2. The average Bonchev–Trinajstić information content (AvgIpc) is 2.53. The molecule has 0 aliphatic heterocycles. The van der Waals surface area contributed by atoms with Gasteiger partial charge in [-0.15, -0.1) is 0 Å². The molecule has 2 aromatic rings. The summed E-state index contributed by atoms with van der Waals surface area (Å²) in [6.07, 6.45) is 3.84. The summed E-state index contributed by atoms with van der Waals surface area (Å²) in [5, 5.41) is 0.622. The molecule has 0 aliphatic rings. The fourth-order valence-corrected chi connectivity index (χ4v) is 2.04. The minimum atomic E-state index is -0.344. The zero-order chi connectivity index (χ0) is 15.2. The second-order valence-electron chi connectivity index (χ2n) is 4.33. The number of ether oxygens (including phenoxy) is 2. The molecule has 0 saturated heterocycles. The van der Waals surface area contributed by atoms with Crippen molar-refractivity contribution >= 4 is 29.7 Å². The van der Waals surface area contributed by atoms with Crippen LogP contribution >= 0.6 is 11.6 Å². The Balaban J connectivity index is 2.16. The molecule has 0 amide bonds. The molecule has 0 N–H and O–H groups in total. The van der Waals surface area contributed by atoms with Gasteiger partial charge in [0, 0.05) is 0 Å². The highest BCUT2D eigenvalue weighted by molar-refractivity contribution is 6.32. The molecule has 0 fully saturated rings. The van der Waals surface area contributed by atoms with Crippen molar-refractivity contribution in [3.63, 3.8) is 0 Å². The van der Waals surface area contributed by atoms with Crippen LogP contribution in [0.5, 0.6) is 5.75 Å². The van der Waals surface area contributed by atoms with Crippen LogP contribution in [0, 0.1) is 0 Å². The summed E-state index contributed by atoms with van der Waals surface area (Å²) >= 11 is 6.17. The van der Waals surface area contributed by atoms with Gasteiger partial charge in [-0.3, -0.25) is 0 Å². The van der Waals surface area contributed by atoms with Crippen molar-refractivity contribution in [1.29, 1.82) is 0 Å². The molecular weight excluding hydrogens is 288 g/mol. The summed E-state index contributed by atoms with van der Waals surface area (Å²) in [5.74, 6) is 0.378. The Kier molecular flexibility index (Phi) is 5.01. The van der Waals surface area contributed by atoms with Gasteiger partial charge in [0.05, 0.1) is 24.8 Å². The molecule has 2 aromatic carbocycles. The second-order valence-corrected chi connectivity index (χ2v) is 4.74. The number of rotatable bonds is 4. The van der Waals surface area contributed by atoms with E-state index >= 15 is 0 Å². The molecule has 0 radical (unpaired) electrons. The first-order valence-electron chi connectivity index (χ1n) is 6.34. The standard InChI is InChI=1S/C17H15ClO3/c1-20-15-10-9-13(16(18)11-15)6-3-12-4-7-14(8-5-12)17(19)21-2/h3-11H,1-2H3/b6-3+. The number of methoxy groups -OCH3 is 2. The molecule has 0 spiro atoms. The minimum absolute atomic E-state index is 0.344. The molecule has 4 heteroatoms. The van der Waals surface area contributed by atoms with Gasteiger partial charge in [0.1, 0.15) is 5.75 Å². The van der Waals surface area contributed by atoms with Gasteiger partial charge in [0.15, 0.2) is 0 Å². The number of carbonyl (C=O) groups excluding carboxylic acids is 1. The molecule has 0 heterocycles. The normalized spacial score (nSPS) is 10.6. The minimum Gasteiger partial charge on any atom is -0.497 e. The van der Waals surface area contributed by atoms with Crippen LogP contribution in [0.2, 0.25) is 5.02 Å². The predicted molar refractivity (Wildman–Crippen MR) is 84.7 cm³/mol. The summed E-state index contributed by atoms with van der Waals surface area (Å²) in [7, 11) is 2.96. The molecule has 21 heavy (non-hydrogen) atoms. The molecule has 0 aromatic heterocycles. The SMILES string of the molecule is COC(=O)c1ccc(/C=C/c2ccc(OC)cc2Cl)cc1. The summed E-state index contributed by atoms with van der Waals surface area (Å²) in [5.41, 5.74) is 2.39. The first kappa shape index (κ1) is 15.1. The van der Waals surface area contributed by atoms with E-state index in [0.29, 0.717) is 10.6 Å². The van der Waals surface area contributed by atoms with E-state index in [2.05, 4.69) is 4.74 Å². The van der Waals surface area contributed by atoms with E-state index in [1.54, 1.807) is 25.3 Å². The van der Waals surface area contributed by atoms with Gasteiger partial charge >= 0.3 is 5.97 Å². The van der Waals surface area contributed by atoms with E-state index < -0.39 is 0 Å². The zero-order valence-electron chi connectivity index (χ0n) is 11.8. The van der Waals surface area contributed by atoms with E-state index in [9.17, 15) is 4.79 Å². The van der Waals surface area contributed by atoms with Crippen LogP contribution < -0.4 is 4.74 Å². The van der Waals surface area contributed by atoms with E-state index in [1.165, 1.54) is 7.11 Å². The lowest BCUT2D eigenvalue weighted by molar-refractivity contribution is 0.0601. The van der Waals surface area contributed by atoms with Crippen molar-refractivity contribution < 1.29 is 14.3 Å². The number of esters is 1. The van der Waals surface area contributed by atoms with Crippen molar-refractivity contribution in [2.75, 3.05) is 14.2 Å². The van der Waals surface area contributed by atoms with Gasteiger partial charge in [-0.25, -0.2) is 4.79 Å². The van der Waals surface area contributed by atoms with Crippen molar-refractivity contribution in [1.82, 2.24) is 0 Å². The lowest BCUT2D eigenvalue weighted by Crippen LogP contribution is -2.00. The molecule has 2 rings (SSSR count). The zero-order valence-corrected chi connectivity index (χ0v) is 12.6. The monoisotopic (exact) mass is 302 g/mol. The highest BCUT2D eigenvalue weighted by Gasteiger charge is 2.03. The van der Waals surface area contributed by atoms with E-state index in [0.717, 1.165) is 16.9 Å². The van der Waals surface area contributed by atoms with Crippen molar-refractivity contribution in [3.8, 4) is 5.75 Å². The van der Waals surface area contributed by atoms with Crippen LogP contribution in [0.3, 0.4) is 0 Å². The van der Waals surface area contributed by atoms with Crippen LogP contribution in [0.4, 0.5) is 0 Å². The van der Waals surface area contributed by atoms with E-state index in [-0.39, 0.29) is 5.97 Å². The van der Waals surface area contributed by atoms with Gasteiger partial charge in [-0.1, -0.05) is 35.9 Å². The number of hydrogen-bond donors (Lipinski definition) is 0. The quantitative estimate of drug-likeness (QED) is 0.624. The third kappa shape index (κ3) is 3.86. The number of hydrogen-bond acceptors (Lipinski definition) is 3. The van der Waals surface area contributed by atoms with Crippen LogP contribution in [0.1, 0.15) is 21.5 Å². The summed E-state index contributed by atoms with van der Waals surface area (Å²) in [4.78, 5) is 11.3. The van der Waals surface area contributed by atoms with Crippen LogP contribution in [-0.2, 0) is 4.74 Å². The molecule has 108 valence electrons. The Morgan fingerprint density at radius 2 is 1.76 bits per heavy atom. The summed E-state index contributed by atoms with van der Waals surface area (Å²) in [6.45, 7) is 0. The maximum Gasteiger partial charge on any atom is 0.337 e. The molecule has 0 saturated carbocycles. The first-order chi connectivity index (χ1) is 10.1. The van der Waals surface area contributed by atoms with Crippen molar-refractivity contribution in [2.45, 2.75) is 0 Å². The third-order valence-corrected chi connectivity index (χ3v) is 3.32. The summed E-state index contributed by atoms with van der Waals surface area (Å²) < 4.78 is 9.76. The summed E-state index contributed by atoms with van der Waals surface area (Å²) in [6, 6.07) is 12.6. The molecule has 0 aliphatic carbocycles. The molecule has 0 bridgehead atoms. The number of carbonyl (C=O) groups is 1. The second kappa shape index (κ2) is 6.95. The van der Waals surface area contributed by atoms with Gasteiger partial charge in [0.25, 0.3) is 0 Å². The van der Waals surface area contributed by atoms with Crippen molar-refractivity contribution in [3.05, 3.63) is 64.2 Å². The van der Waals surface area contributed by atoms with E-state index in [4.69, 9.17) is 16.3 Å². The lowest BCUT2D eigenvalue weighted by Gasteiger charge is -2.03. The van der Waals surface area contributed by atoms with Crippen molar-refractivity contribution in [2.24, 2.45) is 0 Å². The number of halogens is 1. The van der Waals surface area contributed by atoms with Gasteiger partial charge in [-0.2, -0.15) is 0 Å². The largest absolute Gasteiger partial charge is 0.497 e. The van der Waals surface area contributed by atoms with Gasteiger partial charge < -0.3 is 9.47 Å². The Hall–Kier alpha value is -2.26. The Labute approximate surface area is 128 Å². The molecular formula is C17H15ClO3. The Bertz CT molecular complexity index is 660. The molecule has 3 nitrogen and oxygen atoms in total. The molecule has 0 atom stereocenters. The Morgan fingerprint density at radius 3 is 2.33 bits per heavy atom. The highest BCUT2D eigenvalue weighted by Crippen LogP contribution is 2.24. The smallest absolute Gasteiger partial charge is 0.337 e. The Morgan fingerprint density at radius 1 is 1.05 bits per heavy atom. The highest BCUT2D eigenvalue weighted by atomic mass is 35.5. The topological polar surface area (TPSA) is 35.5 Å². The third-order valence-electron chi connectivity index (χ3n) is 2.99. The van der Waals surface area contributed by atoms with Crippen LogP contribution in [-0.4, -0.2) is 20.2 Å².